The van der Waals surface area contributed by atoms with Gasteiger partial charge in [-0.1, -0.05) is 23.2 Å². The summed E-state index contributed by atoms with van der Waals surface area (Å²) in [5.74, 6) is -1.26. The van der Waals surface area contributed by atoms with Crippen LogP contribution < -0.4 is 10.1 Å². The lowest BCUT2D eigenvalue weighted by Crippen LogP contribution is -2.36. The molecule has 2 aromatic rings. The fraction of sp³-hybridized carbons (Fsp3) is 0.150. The Morgan fingerprint density at radius 3 is 2.38 bits per heavy atom. The number of carbonyl (C=O) groups is 3. The summed E-state index contributed by atoms with van der Waals surface area (Å²) in [7, 11) is 1.15. The summed E-state index contributed by atoms with van der Waals surface area (Å²) in [6, 6.07) is 8.01. The van der Waals surface area contributed by atoms with Crippen molar-refractivity contribution in [3.8, 4) is 5.75 Å². The largest absolute Gasteiger partial charge is 0.486 e. The van der Waals surface area contributed by atoms with Crippen LogP contribution in [0, 0.1) is 10.1 Å². The van der Waals surface area contributed by atoms with Gasteiger partial charge in [-0.25, -0.2) is 9.69 Å². The number of rotatable bonds is 7. The molecule has 1 heterocycles. The van der Waals surface area contributed by atoms with Crippen LogP contribution in [0.2, 0.25) is 10.0 Å². The van der Waals surface area contributed by atoms with Gasteiger partial charge in [0.25, 0.3) is 11.6 Å². The molecule has 32 heavy (non-hydrogen) atoms. The van der Waals surface area contributed by atoms with E-state index in [4.69, 9.17) is 27.9 Å². The van der Waals surface area contributed by atoms with Crippen molar-refractivity contribution in [1.29, 1.82) is 0 Å². The zero-order chi connectivity index (χ0) is 23.4. The van der Waals surface area contributed by atoms with Gasteiger partial charge in [0.1, 0.15) is 18.8 Å². The maximum atomic E-state index is 12.4. The van der Waals surface area contributed by atoms with E-state index in [0.717, 1.165) is 7.11 Å². The minimum Gasteiger partial charge on any atom is -0.486 e. The Kier molecular flexibility index (Phi) is 6.96. The van der Waals surface area contributed by atoms with E-state index in [-0.39, 0.29) is 33.8 Å². The average molecular weight is 480 g/mol. The number of halogens is 2. The molecule has 1 aliphatic rings. The maximum absolute atomic E-state index is 12.4. The van der Waals surface area contributed by atoms with Gasteiger partial charge < -0.3 is 14.8 Å². The number of carbonyl (C=O) groups excluding carboxylic acids is 3. The summed E-state index contributed by atoms with van der Waals surface area (Å²) in [6.45, 7) is -0.454. The first-order valence-electron chi connectivity index (χ1n) is 8.96. The molecule has 0 spiro atoms. The third-order valence-corrected chi connectivity index (χ3v) is 4.90. The number of nitrogens with zero attached hydrogens (tertiary/aromatic N) is 2. The molecule has 3 amide bonds. The number of methoxy groups -OCH3 is 1. The van der Waals surface area contributed by atoms with E-state index < -0.39 is 29.4 Å². The SMILES string of the molecule is COC(=O)CN1C(=O)N/C(=C/c2cc(Cl)c(OCc3ccc([N+](=O)[O-])cc3)c(Cl)c2)C1=O. The highest BCUT2D eigenvalue weighted by Gasteiger charge is 2.35. The number of imide groups is 1. The highest BCUT2D eigenvalue weighted by molar-refractivity contribution is 6.37. The van der Waals surface area contributed by atoms with Gasteiger partial charge in [-0.2, -0.15) is 0 Å². The molecule has 1 N–H and O–H groups in total. The van der Waals surface area contributed by atoms with Crippen molar-refractivity contribution in [3.63, 3.8) is 0 Å². The van der Waals surface area contributed by atoms with Crippen LogP contribution in [-0.4, -0.2) is 41.4 Å². The molecule has 0 aliphatic carbocycles. The van der Waals surface area contributed by atoms with Crippen molar-refractivity contribution in [2.75, 3.05) is 13.7 Å². The van der Waals surface area contributed by atoms with Crippen molar-refractivity contribution in [2.24, 2.45) is 0 Å². The number of hydrogen-bond acceptors (Lipinski definition) is 7. The molecule has 10 nitrogen and oxygen atoms in total. The number of nitro groups is 1. The summed E-state index contributed by atoms with van der Waals surface area (Å²) >= 11 is 12.5. The molecule has 0 aromatic heterocycles. The Labute approximate surface area is 191 Å². The number of non-ortho nitro benzene ring substituents is 1. The summed E-state index contributed by atoms with van der Waals surface area (Å²) in [5.41, 5.74) is 0.969. The maximum Gasteiger partial charge on any atom is 0.329 e. The average Bonchev–Trinajstić information content (AvgIpc) is 3.00. The summed E-state index contributed by atoms with van der Waals surface area (Å²) < 4.78 is 10.1. The van der Waals surface area contributed by atoms with Gasteiger partial charge in [-0.3, -0.25) is 19.7 Å². The number of esters is 1. The minimum atomic E-state index is -0.758. The predicted molar refractivity (Wildman–Crippen MR) is 114 cm³/mol. The van der Waals surface area contributed by atoms with Gasteiger partial charge in [0.15, 0.2) is 5.75 Å². The Hall–Kier alpha value is -3.63. The number of hydrogen-bond donors (Lipinski definition) is 1. The monoisotopic (exact) mass is 479 g/mol. The molecule has 0 bridgehead atoms. The first-order chi connectivity index (χ1) is 15.2. The van der Waals surface area contributed by atoms with Crippen molar-refractivity contribution in [3.05, 3.63) is 73.4 Å². The van der Waals surface area contributed by atoms with E-state index in [2.05, 4.69) is 10.1 Å². The van der Waals surface area contributed by atoms with E-state index in [1.807, 2.05) is 0 Å². The topological polar surface area (TPSA) is 128 Å². The highest BCUT2D eigenvalue weighted by atomic mass is 35.5. The van der Waals surface area contributed by atoms with Gasteiger partial charge in [0, 0.05) is 12.1 Å². The van der Waals surface area contributed by atoms with Crippen LogP contribution in [0.5, 0.6) is 5.75 Å². The Balaban J connectivity index is 1.74. The van der Waals surface area contributed by atoms with Crippen molar-refractivity contribution in [1.82, 2.24) is 10.2 Å². The normalized spacial score (nSPS) is 14.5. The van der Waals surface area contributed by atoms with Crippen molar-refractivity contribution >= 4 is 52.9 Å². The zero-order valence-electron chi connectivity index (χ0n) is 16.5. The number of urea groups is 1. The van der Waals surface area contributed by atoms with Crippen molar-refractivity contribution < 1.29 is 28.8 Å². The molecule has 0 saturated carbocycles. The smallest absolute Gasteiger partial charge is 0.329 e. The number of amides is 3. The lowest BCUT2D eigenvalue weighted by Gasteiger charge is -2.11. The number of ether oxygens (including phenoxy) is 2. The molecule has 0 radical (unpaired) electrons. The second kappa shape index (κ2) is 9.67. The molecular formula is C20H15Cl2N3O7. The number of nitro benzene ring substituents is 1. The molecule has 0 unspecified atom stereocenters. The third-order valence-electron chi connectivity index (χ3n) is 4.34. The predicted octanol–water partition coefficient (Wildman–Crippen LogP) is 3.55. The molecule has 1 saturated heterocycles. The first-order valence-corrected chi connectivity index (χ1v) is 9.71. The van der Waals surface area contributed by atoms with E-state index in [0.29, 0.717) is 16.0 Å². The molecule has 3 rings (SSSR count). The number of nitrogens with one attached hydrogen (secondary N) is 1. The second-order valence-corrected chi connectivity index (χ2v) is 7.30. The van der Waals surface area contributed by atoms with Crippen LogP contribution in [0.25, 0.3) is 6.08 Å². The number of benzene rings is 2. The van der Waals surface area contributed by atoms with Gasteiger partial charge >= 0.3 is 12.0 Å². The van der Waals surface area contributed by atoms with E-state index in [1.165, 1.54) is 30.3 Å². The standard InChI is InChI=1S/C20H15Cl2N3O7/c1-31-17(26)9-24-19(27)16(23-20(24)28)8-12-6-14(21)18(15(22)7-12)32-10-11-2-4-13(5-3-11)25(29)30/h2-8H,9-10H2,1H3,(H,23,28)/b16-8+. The van der Waals surface area contributed by atoms with Crippen LogP contribution in [0.4, 0.5) is 10.5 Å². The van der Waals surface area contributed by atoms with Crippen LogP contribution in [0.3, 0.4) is 0 Å². The lowest BCUT2D eigenvalue weighted by atomic mass is 10.1. The minimum absolute atomic E-state index is 0.0408. The van der Waals surface area contributed by atoms with Gasteiger partial charge in [0.2, 0.25) is 0 Å². The van der Waals surface area contributed by atoms with Crippen LogP contribution in [0.15, 0.2) is 42.1 Å². The fourth-order valence-electron chi connectivity index (χ4n) is 2.75. The van der Waals surface area contributed by atoms with Gasteiger partial charge in [-0.15, -0.1) is 0 Å². The van der Waals surface area contributed by atoms with Gasteiger partial charge in [0.05, 0.1) is 22.1 Å². The van der Waals surface area contributed by atoms with E-state index in [1.54, 1.807) is 12.1 Å². The molecule has 2 aromatic carbocycles. The molecule has 166 valence electrons. The van der Waals surface area contributed by atoms with Crippen LogP contribution in [-0.2, 0) is 20.9 Å². The molecular weight excluding hydrogens is 465 g/mol. The van der Waals surface area contributed by atoms with E-state index >= 15 is 0 Å². The Morgan fingerprint density at radius 2 is 1.81 bits per heavy atom. The summed E-state index contributed by atoms with van der Waals surface area (Å²) in [4.78, 5) is 46.6. The Bertz CT molecular complexity index is 1110. The zero-order valence-corrected chi connectivity index (χ0v) is 18.0. The Morgan fingerprint density at radius 1 is 1.19 bits per heavy atom. The third kappa shape index (κ3) is 5.16. The van der Waals surface area contributed by atoms with Gasteiger partial charge in [-0.05, 0) is 41.5 Å². The van der Waals surface area contributed by atoms with Crippen molar-refractivity contribution in [2.45, 2.75) is 6.61 Å². The quantitative estimate of drug-likeness (QED) is 0.211. The highest BCUT2D eigenvalue weighted by Crippen LogP contribution is 2.35. The summed E-state index contributed by atoms with van der Waals surface area (Å²) in [6.07, 6.45) is 1.36. The molecule has 1 aliphatic heterocycles. The summed E-state index contributed by atoms with van der Waals surface area (Å²) in [5, 5.41) is 13.4. The fourth-order valence-corrected chi connectivity index (χ4v) is 3.36. The van der Waals surface area contributed by atoms with Crippen LogP contribution in [0.1, 0.15) is 11.1 Å². The molecule has 12 heteroatoms. The molecule has 1 fully saturated rings. The first kappa shape index (κ1) is 23.0. The lowest BCUT2D eigenvalue weighted by molar-refractivity contribution is -0.384. The molecule has 0 atom stereocenters. The second-order valence-electron chi connectivity index (χ2n) is 6.48. The van der Waals surface area contributed by atoms with Crippen LogP contribution >= 0.6 is 23.2 Å². The van der Waals surface area contributed by atoms with E-state index in [9.17, 15) is 24.5 Å².